The highest BCUT2D eigenvalue weighted by Crippen LogP contribution is 2.22. The normalized spacial score (nSPS) is 12.6. The second-order valence-corrected chi connectivity index (χ2v) is 3.43. The molecule has 1 N–H and O–H groups in total. The molecular formula is C8H6Cl2OS. The molecule has 0 fully saturated rings. The minimum absolute atomic E-state index is 0.494. The monoisotopic (exact) mass is 220 g/mol. The Morgan fingerprint density at radius 2 is 1.75 bits per heavy atom. The molecule has 0 amide bonds. The molecule has 1 nitrogen and oxygen atoms in total. The van der Waals surface area contributed by atoms with Crippen LogP contribution < -0.4 is 0 Å². The molecule has 1 aromatic carbocycles. The van der Waals surface area contributed by atoms with E-state index in [9.17, 15) is 5.11 Å². The van der Waals surface area contributed by atoms with Gasteiger partial charge in [-0.3, -0.25) is 0 Å². The second-order valence-electron chi connectivity index (χ2n) is 2.28. The lowest BCUT2D eigenvalue weighted by Gasteiger charge is -2.05. The topological polar surface area (TPSA) is 20.2 Å². The van der Waals surface area contributed by atoms with Gasteiger partial charge in [-0.05, 0) is 23.8 Å². The maximum atomic E-state index is 9.30. The van der Waals surface area contributed by atoms with Gasteiger partial charge in [0.25, 0.3) is 0 Å². The van der Waals surface area contributed by atoms with Gasteiger partial charge in [0.15, 0.2) is 0 Å². The standard InChI is InChI=1S/C8H6Cl2OS/c9-6-1-5(8(11)4-12)2-7(10)3-6/h1-4,8,11H/t8-/m0/s1. The summed E-state index contributed by atoms with van der Waals surface area (Å²) in [5.41, 5.74) is 0.613. The Bertz CT molecular complexity index is 281. The predicted molar refractivity (Wildman–Crippen MR) is 55.1 cm³/mol. The van der Waals surface area contributed by atoms with Gasteiger partial charge >= 0.3 is 0 Å². The maximum Gasteiger partial charge on any atom is 0.107 e. The van der Waals surface area contributed by atoms with Gasteiger partial charge in [-0.15, -0.1) is 0 Å². The van der Waals surface area contributed by atoms with Crippen LogP contribution in [0.25, 0.3) is 0 Å². The number of rotatable bonds is 2. The Kier molecular flexibility index (Phi) is 3.47. The second kappa shape index (κ2) is 4.19. The fourth-order valence-electron chi connectivity index (χ4n) is 0.824. The van der Waals surface area contributed by atoms with Gasteiger partial charge in [0, 0.05) is 15.4 Å². The van der Waals surface area contributed by atoms with Gasteiger partial charge in [-0.1, -0.05) is 35.4 Å². The van der Waals surface area contributed by atoms with E-state index in [4.69, 9.17) is 23.2 Å². The quantitative estimate of drug-likeness (QED) is 0.774. The minimum Gasteiger partial charge on any atom is -0.383 e. The van der Waals surface area contributed by atoms with E-state index in [1.165, 1.54) is 5.37 Å². The Hall–Kier alpha value is -0.150. The first-order valence-electron chi connectivity index (χ1n) is 3.23. The van der Waals surface area contributed by atoms with E-state index in [0.717, 1.165) is 0 Å². The van der Waals surface area contributed by atoms with Crippen molar-refractivity contribution in [2.24, 2.45) is 0 Å². The predicted octanol–water partition coefficient (Wildman–Crippen LogP) is 3.03. The van der Waals surface area contributed by atoms with Crippen LogP contribution in [0, 0.1) is 0 Å². The third kappa shape index (κ3) is 2.42. The van der Waals surface area contributed by atoms with Crippen molar-refractivity contribution < 1.29 is 5.11 Å². The van der Waals surface area contributed by atoms with Crippen LogP contribution in [0.5, 0.6) is 0 Å². The SMILES string of the molecule is O[C@@H](C=S)c1cc(Cl)cc(Cl)c1. The molecule has 0 saturated carbocycles. The van der Waals surface area contributed by atoms with Crippen molar-refractivity contribution in [1.29, 1.82) is 0 Å². The van der Waals surface area contributed by atoms with E-state index in [1.54, 1.807) is 18.2 Å². The van der Waals surface area contributed by atoms with Crippen LogP contribution in [0.15, 0.2) is 18.2 Å². The highest BCUT2D eigenvalue weighted by atomic mass is 35.5. The Morgan fingerprint density at radius 3 is 2.17 bits per heavy atom. The summed E-state index contributed by atoms with van der Waals surface area (Å²) in [5.74, 6) is 0. The average molecular weight is 221 g/mol. The fourth-order valence-corrected chi connectivity index (χ4v) is 1.52. The lowest BCUT2D eigenvalue weighted by Crippen LogP contribution is -1.96. The third-order valence-electron chi connectivity index (χ3n) is 1.36. The van der Waals surface area contributed by atoms with E-state index in [1.807, 2.05) is 0 Å². The minimum atomic E-state index is -0.781. The molecule has 0 aliphatic heterocycles. The number of aliphatic hydroxyl groups excluding tert-OH is 1. The highest BCUT2D eigenvalue weighted by molar-refractivity contribution is 7.79. The highest BCUT2D eigenvalue weighted by Gasteiger charge is 2.05. The van der Waals surface area contributed by atoms with Gasteiger partial charge < -0.3 is 5.11 Å². The van der Waals surface area contributed by atoms with E-state index in [-0.39, 0.29) is 0 Å². The Balaban J connectivity index is 3.08. The number of hydrogen-bond donors (Lipinski definition) is 1. The molecule has 1 atom stereocenters. The third-order valence-corrected chi connectivity index (χ3v) is 2.05. The van der Waals surface area contributed by atoms with Gasteiger partial charge in [0.1, 0.15) is 6.10 Å². The maximum absolute atomic E-state index is 9.30. The molecule has 0 aromatic heterocycles. The van der Waals surface area contributed by atoms with Crippen LogP contribution in [0.1, 0.15) is 11.7 Å². The van der Waals surface area contributed by atoms with Crippen molar-refractivity contribution in [2.45, 2.75) is 6.10 Å². The molecule has 64 valence electrons. The summed E-state index contributed by atoms with van der Waals surface area (Å²) in [5, 5.41) is 11.5. The molecule has 0 heterocycles. The first-order chi connectivity index (χ1) is 5.63. The zero-order chi connectivity index (χ0) is 9.14. The van der Waals surface area contributed by atoms with Crippen molar-refractivity contribution >= 4 is 40.8 Å². The molecule has 12 heavy (non-hydrogen) atoms. The van der Waals surface area contributed by atoms with Gasteiger partial charge in [-0.2, -0.15) is 0 Å². The summed E-state index contributed by atoms with van der Waals surface area (Å²) >= 11 is 16.0. The van der Waals surface area contributed by atoms with E-state index in [2.05, 4.69) is 12.2 Å². The van der Waals surface area contributed by atoms with Gasteiger partial charge in [-0.25, -0.2) is 0 Å². The number of aliphatic hydroxyl groups is 1. The van der Waals surface area contributed by atoms with Crippen LogP contribution in [0.4, 0.5) is 0 Å². The van der Waals surface area contributed by atoms with Crippen molar-refractivity contribution in [3.05, 3.63) is 33.8 Å². The first-order valence-corrected chi connectivity index (χ1v) is 4.45. The van der Waals surface area contributed by atoms with Crippen LogP contribution >= 0.6 is 35.4 Å². The van der Waals surface area contributed by atoms with Crippen molar-refractivity contribution in [3.63, 3.8) is 0 Å². The zero-order valence-electron chi connectivity index (χ0n) is 6.00. The van der Waals surface area contributed by atoms with Crippen LogP contribution in [0.3, 0.4) is 0 Å². The summed E-state index contributed by atoms with van der Waals surface area (Å²) < 4.78 is 0. The van der Waals surface area contributed by atoms with Crippen molar-refractivity contribution in [2.75, 3.05) is 0 Å². The lowest BCUT2D eigenvalue weighted by atomic mass is 10.1. The molecular weight excluding hydrogens is 215 g/mol. The Morgan fingerprint density at radius 1 is 1.25 bits per heavy atom. The van der Waals surface area contributed by atoms with Crippen molar-refractivity contribution in [3.8, 4) is 0 Å². The molecule has 4 heteroatoms. The zero-order valence-corrected chi connectivity index (χ0v) is 8.33. The first kappa shape index (κ1) is 9.93. The van der Waals surface area contributed by atoms with Crippen molar-refractivity contribution in [1.82, 2.24) is 0 Å². The molecule has 0 aliphatic carbocycles. The molecule has 0 spiro atoms. The summed E-state index contributed by atoms with van der Waals surface area (Å²) in [4.78, 5) is 0. The lowest BCUT2D eigenvalue weighted by molar-refractivity contribution is 0.255. The average Bonchev–Trinajstić information content (AvgIpc) is 2.01. The summed E-state index contributed by atoms with van der Waals surface area (Å²) in [6.45, 7) is 0. The van der Waals surface area contributed by atoms with Gasteiger partial charge in [0.05, 0.1) is 0 Å². The summed E-state index contributed by atoms with van der Waals surface area (Å²) in [6.07, 6.45) is -0.781. The molecule has 0 radical (unpaired) electrons. The Labute approximate surface area is 85.9 Å². The summed E-state index contributed by atoms with van der Waals surface area (Å²) in [6, 6.07) is 4.85. The fraction of sp³-hybridized carbons (Fsp3) is 0.125. The molecule has 0 saturated heterocycles. The van der Waals surface area contributed by atoms with E-state index < -0.39 is 6.10 Å². The van der Waals surface area contributed by atoms with E-state index in [0.29, 0.717) is 15.6 Å². The number of hydrogen-bond acceptors (Lipinski definition) is 2. The van der Waals surface area contributed by atoms with Crippen LogP contribution in [-0.2, 0) is 0 Å². The largest absolute Gasteiger partial charge is 0.383 e. The smallest absolute Gasteiger partial charge is 0.107 e. The summed E-state index contributed by atoms with van der Waals surface area (Å²) in [7, 11) is 0. The molecule has 0 aliphatic rings. The van der Waals surface area contributed by atoms with Crippen LogP contribution in [-0.4, -0.2) is 10.5 Å². The number of benzene rings is 1. The molecule has 1 aromatic rings. The molecule has 1 rings (SSSR count). The number of halogens is 2. The molecule has 0 bridgehead atoms. The van der Waals surface area contributed by atoms with E-state index >= 15 is 0 Å². The van der Waals surface area contributed by atoms with Gasteiger partial charge in [0.2, 0.25) is 0 Å². The molecule has 0 unspecified atom stereocenters. The van der Waals surface area contributed by atoms with Crippen LogP contribution in [0.2, 0.25) is 10.0 Å². The number of thiocarbonyl (C=S) groups is 1.